The molecule has 0 saturated carbocycles. The molecular formula is C27H34N6O4. The summed E-state index contributed by atoms with van der Waals surface area (Å²) in [5, 5.41) is 8.73. The van der Waals surface area contributed by atoms with Gasteiger partial charge in [0.05, 0.1) is 12.6 Å². The number of hydrogen-bond acceptors (Lipinski definition) is 6. The normalized spacial score (nSPS) is 16.2. The SMILES string of the molecule is CCN(CC)C(=O)CO[C@@H]1CN(CCc2ccccc2)C(=O)CN(C(=O)Cn2nc3ccccc3n2)C1. The topological polar surface area (TPSA) is 101 Å². The summed E-state index contributed by atoms with van der Waals surface area (Å²) in [6.45, 7) is 5.82. The molecule has 1 aromatic heterocycles. The number of ether oxygens (including phenoxy) is 1. The number of rotatable bonds is 10. The van der Waals surface area contributed by atoms with Gasteiger partial charge in [-0.3, -0.25) is 14.4 Å². The zero-order valence-corrected chi connectivity index (χ0v) is 21.5. The number of carbonyl (C=O) groups excluding carboxylic acids is 3. The molecule has 1 saturated heterocycles. The summed E-state index contributed by atoms with van der Waals surface area (Å²) in [6.07, 6.45) is 0.199. The highest BCUT2D eigenvalue weighted by atomic mass is 16.5. The van der Waals surface area contributed by atoms with Crippen molar-refractivity contribution in [2.45, 2.75) is 32.9 Å². The third-order valence-electron chi connectivity index (χ3n) is 6.56. The van der Waals surface area contributed by atoms with Crippen molar-refractivity contribution in [1.82, 2.24) is 29.7 Å². The molecule has 1 aliphatic heterocycles. The number of nitrogens with zero attached hydrogens (tertiary/aromatic N) is 6. The predicted octanol–water partition coefficient (Wildman–Crippen LogP) is 1.60. The van der Waals surface area contributed by atoms with Crippen LogP contribution in [0.3, 0.4) is 0 Å². The average molecular weight is 507 g/mol. The Kier molecular flexibility index (Phi) is 8.84. The summed E-state index contributed by atoms with van der Waals surface area (Å²) in [4.78, 5) is 45.3. The maximum atomic E-state index is 13.2. The third kappa shape index (κ3) is 6.91. The lowest BCUT2D eigenvalue weighted by atomic mass is 10.1. The van der Waals surface area contributed by atoms with Gasteiger partial charge in [-0.2, -0.15) is 15.0 Å². The van der Waals surface area contributed by atoms with Gasteiger partial charge in [0.15, 0.2) is 0 Å². The first-order valence-corrected chi connectivity index (χ1v) is 12.8. The van der Waals surface area contributed by atoms with Crippen LogP contribution in [0.5, 0.6) is 0 Å². The fourth-order valence-electron chi connectivity index (χ4n) is 4.45. The van der Waals surface area contributed by atoms with Crippen molar-refractivity contribution in [3.8, 4) is 0 Å². The van der Waals surface area contributed by atoms with E-state index in [1.165, 1.54) is 9.70 Å². The van der Waals surface area contributed by atoms with Gasteiger partial charge in [-0.25, -0.2) is 0 Å². The Balaban J connectivity index is 1.46. The molecule has 1 atom stereocenters. The first kappa shape index (κ1) is 26.3. The fourth-order valence-corrected chi connectivity index (χ4v) is 4.45. The smallest absolute Gasteiger partial charge is 0.248 e. The van der Waals surface area contributed by atoms with Crippen molar-refractivity contribution in [3.63, 3.8) is 0 Å². The van der Waals surface area contributed by atoms with Crippen LogP contribution < -0.4 is 0 Å². The minimum atomic E-state index is -0.490. The Morgan fingerprint density at radius 2 is 1.62 bits per heavy atom. The highest BCUT2D eigenvalue weighted by Gasteiger charge is 2.31. The number of amides is 3. The van der Waals surface area contributed by atoms with Gasteiger partial charge >= 0.3 is 0 Å². The zero-order chi connectivity index (χ0) is 26.2. The summed E-state index contributed by atoms with van der Waals surface area (Å²) in [7, 11) is 0. The maximum Gasteiger partial charge on any atom is 0.248 e. The Bertz CT molecular complexity index is 1180. The quantitative estimate of drug-likeness (QED) is 0.414. The molecule has 0 unspecified atom stereocenters. The molecule has 0 spiro atoms. The van der Waals surface area contributed by atoms with Crippen LogP contribution in [0.15, 0.2) is 54.6 Å². The van der Waals surface area contributed by atoms with E-state index in [4.69, 9.17) is 4.74 Å². The van der Waals surface area contributed by atoms with E-state index in [9.17, 15) is 14.4 Å². The van der Waals surface area contributed by atoms with E-state index in [0.29, 0.717) is 43.6 Å². The zero-order valence-electron chi connectivity index (χ0n) is 21.5. The lowest BCUT2D eigenvalue weighted by molar-refractivity contribution is -0.140. The van der Waals surface area contributed by atoms with Gasteiger partial charge in [0.1, 0.15) is 24.2 Å². The van der Waals surface area contributed by atoms with Crippen LogP contribution in [-0.2, 0) is 32.1 Å². The number of fused-ring (bicyclic) bond motifs is 1. The largest absolute Gasteiger partial charge is 0.365 e. The Labute approximate surface area is 216 Å². The Hall–Kier alpha value is -3.79. The first-order chi connectivity index (χ1) is 18.0. The van der Waals surface area contributed by atoms with Crippen LogP contribution in [0.25, 0.3) is 11.0 Å². The molecule has 37 heavy (non-hydrogen) atoms. The first-order valence-electron chi connectivity index (χ1n) is 12.8. The molecule has 4 rings (SSSR count). The Morgan fingerprint density at radius 1 is 0.973 bits per heavy atom. The van der Waals surface area contributed by atoms with Gasteiger partial charge < -0.3 is 19.4 Å². The van der Waals surface area contributed by atoms with E-state index in [2.05, 4.69) is 10.2 Å². The van der Waals surface area contributed by atoms with Gasteiger partial charge in [0.2, 0.25) is 17.7 Å². The molecule has 0 aliphatic carbocycles. The minimum Gasteiger partial charge on any atom is -0.365 e. The lowest BCUT2D eigenvalue weighted by Crippen LogP contribution is -2.42. The van der Waals surface area contributed by atoms with Gasteiger partial charge in [-0.1, -0.05) is 42.5 Å². The monoisotopic (exact) mass is 506 g/mol. The van der Waals surface area contributed by atoms with Crippen LogP contribution in [0.4, 0.5) is 0 Å². The maximum absolute atomic E-state index is 13.2. The summed E-state index contributed by atoms with van der Waals surface area (Å²) in [5.74, 6) is -0.534. The minimum absolute atomic E-state index is 0.0573. The summed E-state index contributed by atoms with van der Waals surface area (Å²) in [5.41, 5.74) is 2.52. The van der Waals surface area contributed by atoms with Crippen molar-refractivity contribution in [2.75, 3.05) is 45.9 Å². The van der Waals surface area contributed by atoms with Gasteiger partial charge in [0, 0.05) is 32.7 Å². The second kappa shape index (κ2) is 12.4. The van der Waals surface area contributed by atoms with Crippen molar-refractivity contribution in [3.05, 3.63) is 60.2 Å². The second-order valence-corrected chi connectivity index (χ2v) is 9.07. The molecule has 1 fully saturated rings. The van der Waals surface area contributed by atoms with E-state index in [-0.39, 0.29) is 44.0 Å². The molecule has 0 bridgehead atoms. The molecule has 3 aromatic rings. The fraction of sp³-hybridized carbons (Fsp3) is 0.444. The highest BCUT2D eigenvalue weighted by molar-refractivity contribution is 5.85. The van der Waals surface area contributed by atoms with E-state index in [0.717, 1.165) is 5.56 Å². The van der Waals surface area contributed by atoms with E-state index < -0.39 is 6.10 Å². The summed E-state index contributed by atoms with van der Waals surface area (Å²) < 4.78 is 6.00. The van der Waals surface area contributed by atoms with Crippen molar-refractivity contribution in [1.29, 1.82) is 0 Å². The molecular weight excluding hydrogens is 472 g/mol. The third-order valence-corrected chi connectivity index (χ3v) is 6.56. The molecule has 3 amide bonds. The number of aromatic nitrogens is 3. The summed E-state index contributed by atoms with van der Waals surface area (Å²) in [6, 6.07) is 17.3. The Morgan fingerprint density at radius 3 is 2.27 bits per heavy atom. The van der Waals surface area contributed by atoms with Crippen molar-refractivity contribution < 1.29 is 19.1 Å². The number of likely N-dealkylation sites (N-methyl/N-ethyl adjacent to an activating group) is 1. The van der Waals surface area contributed by atoms with E-state index >= 15 is 0 Å². The molecule has 196 valence electrons. The molecule has 10 nitrogen and oxygen atoms in total. The predicted molar refractivity (Wildman–Crippen MR) is 139 cm³/mol. The van der Waals surface area contributed by atoms with Crippen LogP contribution in [-0.4, -0.2) is 99.4 Å². The molecule has 2 aromatic carbocycles. The van der Waals surface area contributed by atoms with Crippen molar-refractivity contribution >= 4 is 28.8 Å². The van der Waals surface area contributed by atoms with E-state index in [1.54, 1.807) is 9.80 Å². The van der Waals surface area contributed by atoms with Gasteiger partial charge in [0.25, 0.3) is 0 Å². The molecule has 2 heterocycles. The molecule has 1 aliphatic rings. The standard InChI is InChI=1S/C27H34N6O4/c1-3-30(4-2)27(36)20-37-22-16-31(15-14-21-10-6-5-7-11-21)25(34)18-32(17-22)26(35)19-33-28-23-12-8-9-13-24(23)29-33/h5-13,22H,3-4,14-20H2,1-2H3/t22-/m1/s1. The van der Waals surface area contributed by atoms with Crippen LogP contribution in [0, 0.1) is 0 Å². The number of hydrogen-bond donors (Lipinski definition) is 0. The van der Waals surface area contributed by atoms with Crippen molar-refractivity contribution in [2.24, 2.45) is 0 Å². The second-order valence-electron chi connectivity index (χ2n) is 9.07. The number of carbonyl (C=O) groups is 3. The average Bonchev–Trinajstić information content (AvgIpc) is 3.24. The summed E-state index contributed by atoms with van der Waals surface area (Å²) >= 11 is 0. The highest BCUT2D eigenvalue weighted by Crippen LogP contribution is 2.13. The lowest BCUT2D eigenvalue weighted by Gasteiger charge is -2.26. The molecule has 10 heteroatoms. The van der Waals surface area contributed by atoms with E-state index in [1.807, 2.05) is 68.4 Å². The molecule has 0 N–H and O–H groups in total. The number of benzene rings is 2. The van der Waals surface area contributed by atoms with Crippen LogP contribution in [0.1, 0.15) is 19.4 Å². The van der Waals surface area contributed by atoms with Crippen LogP contribution >= 0.6 is 0 Å². The van der Waals surface area contributed by atoms with Gasteiger partial charge in [-0.05, 0) is 38.0 Å². The van der Waals surface area contributed by atoms with Gasteiger partial charge in [-0.15, -0.1) is 0 Å². The molecule has 0 radical (unpaired) electrons. The van der Waals surface area contributed by atoms with Crippen LogP contribution in [0.2, 0.25) is 0 Å².